The molecule has 3 amide bonds. The second-order valence-electron chi connectivity index (χ2n) is 6.04. The van der Waals surface area contributed by atoms with Gasteiger partial charge in [0.1, 0.15) is 5.54 Å². The molecule has 0 radical (unpaired) electrons. The summed E-state index contributed by atoms with van der Waals surface area (Å²) < 4.78 is 10.9. The summed E-state index contributed by atoms with van der Waals surface area (Å²) in [7, 11) is 2.99. The highest BCUT2D eigenvalue weighted by Gasteiger charge is 2.49. The van der Waals surface area contributed by atoms with Crippen LogP contribution in [0.3, 0.4) is 0 Å². The molecule has 9 heteroatoms. The van der Waals surface area contributed by atoms with E-state index < -0.39 is 17.5 Å². The van der Waals surface area contributed by atoms with Crippen LogP contribution in [-0.2, 0) is 10.3 Å². The fourth-order valence-electron chi connectivity index (χ4n) is 2.87. The van der Waals surface area contributed by atoms with Crippen LogP contribution in [0.4, 0.5) is 4.79 Å². The van der Waals surface area contributed by atoms with Gasteiger partial charge in [-0.25, -0.2) is 4.79 Å². The summed E-state index contributed by atoms with van der Waals surface area (Å²) in [5, 5.41) is 2.66. The van der Waals surface area contributed by atoms with Crippen LogP contribution in [0.15, 0.2) is 30.3 Å². The third kappa shape index (κ3) is 3.38. The molecular formula is C18H17ClN2O5S. The molecule has 0 saturated carbocycles. The second kappa shape index (κ2) is 7.21. The first-order chi connectivity index (χ1) is 12.8. The van der Waals surface area contributed by atoms with Gasteiger partial charge in [0.25, 0.3) is 5.91 Å². The molecule has 0 unspecified atom stereocenters. The summed E-state index contributed by atoms with van der Waals surface area (Å²) in [5.74, 6) is 0.0620. The number of methoxy groups -OCH3 is 2. The summed E-state index contributed by atoms with van der Waals surface area (Å²) in [5.41, 5.74) is -0.795. The van der Waals surface area contributed by atoms with Crippen LogP contribution in [0.25, 0.3) is 0 Å². The third-order valence-electron chi connectivity index (χ3n) is 4.39. The van der Waals surface area contributed by atoms with Crippen molar-refractivity contribution in [2.24, 2.45) is 0 Å². The molecule has 0 spiro atoms. The van der Waals surface area contributed by atoms with Gasteiger partial charge in [0.05, 0.1) is 30.0 Å². The second-order valence-corrected chi connectivity index (χ2v) is 7.76. The number of hydrogen-bond acceptors (Lipinski definition) is 6. The van der Waals surface area contributed by atoms with Crippen molar-refractivity contribution in [1.29, 1.82) is 0 Å². The number of Topliss-reactive ketones (excluding diaryl/α,β-unsaturated/α-hetero) is 1. The standard InChI is InChI=1S/C18H17ClN2O5S/c1-18(10-4-5-12(25-2)13(8-10)26-3)16(23)21(17(24)20-18)9-11(22)14-6-7-15(19)27-14/h4-8H,9H2,1-3H3,(H,20,24)/t18-/m1/s1. The molecule has 1 aliphatic heterocycles. The Labute approximate surface area is 164 Å². The van der Waals surface area contributed by atoms with Gasteiger partial charge in [-0.3, -0.25) is 14.5 Å². The molecule has 3 rings (SSSR count). The van der Waals surface area contributed by atoms with Crippen molar-refractivity contribution >= 4 is 40.7 Å². The lowest BCUT2D eigenvalue weighted by atomic mass is 9.91. The Morgan fingerprint density at radius 2 is 1.89 bits per heavy atom. The molecule has 0 aliphatic carbocycles. The number of hydrogen-bond donors (Lipinski definition) is 1. The average molecular weight is 409 g/mol. The fraction of sp³-hybridized carbons (Fsp3) is 0.278. The van der Waals surface area contributed by atoms with Crippen molar-refractivity contribution in [2.75, 3.05) is 20.8 Å². The summed E-state index contributed by atoms with van der Waals surface area (Å²) in [6.07, 6.45) is 0. The third-order valence-corrected chi connectivity index (χ3v) is 5.66. The number of imide groups is 1. The molecule has 1 N–H and O–H groups in total. The maximum Gasteiger partial charge on any atom is 0.325 e. The van der Waals surface area contributed by atoms with Gasteiger partial charge in [0.15, 0.2) is 17.3 Å². The minimum Gasteiger partial charge on any atom is -0.493 e. The maximum absolute atomic E-state index is 13.0. The molecule has 1 atom stereocenters. The predicted molar refractivity (Wildman–Crippen MR) is 101 cm³/mol. The molecule has 2 heterocycles. The topological polar surface area (TPSA) is 84.9 Å². The van der Waals surface area contributed by atoms with E-state index in [0.29, 0.717) is 26.3 Å². The van der Waals surface area contributed by atoms with Gasteiger partial charge in [0, 0.05) is 0 Å². The van der Waals surface area contributed by atoms with E-state index in [2.05, 4.69) is 5.32 Å². The molecule has 0 bridgehead atoms. The van der Waals surface area contributed by atoms with Gasteiger partial charge in [-0.15, -0.1) is 11.3 Å². The normalized spacial score (nSPS) is 19.2. The number of ether oxygens (including phenoxy) is 2. The number of amides is 3. The first kappa shape index (κ1) is 19.2. The highest BCUT2D eigenvalue weighted by Crippen LogP contribution is 2.35. The molecule has 1 aliphatic rings. The fourth-order valence-corrected chi connectivity index (χ4v) is 3.84. The zero-order valence-electron chi connectivity index (χ0n) is 14.9. The Bertz CT molecular complexity index is 928. The van der Waals surface area contributed by atoms with Crippen LogP contribution in [0.5, 0.6) is 11.5 Å². The Balaban J connectivity index is 1.87. The summed E-state index contributed by atoms with van der Waals surface area (Å²) in [6, 6.07) is 7.49. The van der Waals surface area contributed by atoms with Gasteiger partial charge in [-0.1, -0.05) is 17.7 Å². The van der Waals surface area contributed by atoms with Crippen LogP contribution < -0.4 is 14.8 Å². The first-order valence-corrected chi connectivity index (χ1v) is 9.14. The van der Waals surface area contributed by atoms with Crippen molar-refractivity contribution in [1.82, 2.24) is 10.2 Å². The molecule has 1 aromatic heterocycles. The SMILES string of the molecule is COc1ccc([C@@]2(C)NC(=O)N(CC(=O)c3ccc(Cl)s3)C2=O)cc1OC. The minimum atomic E-state index is -1.32. The molecule has 1 saturated heterocycles. The number of ketones is 1. The van der Waals surface area contributed by atoms with Crippen molar-refractivity contribution in [3.8, 4) is 11.5 Å². The largest absolute Gasteiger partial charge is 0.493 e. The number of urea groups is 1. The van der Waals surface area contributed by atoms with Crippen LogP contribution in [0.1, 0.15) is 22.2 Å². The van der Waals surface area contributed by atoms with Gasteiger partial charge in [-0.2, -0.15) is 0 Å². The van der Waals surface area contributed by atoms with Crippen molar-refractivity contribution in [3.05, 3.63) is 45.1 Å². The molecule has 1 aromatic carbocycles. The zero-order chi connectivity index (χ0) is 19.8. The number of halogens is 1. The molecule has 1 fully saturated rings. The van der Waals surface area contributed by atoms with Crippen molar-refractivity contribution < 1.29 is 23.9 Å². The number of benzene rings is 1. The lowest BCUT2D eigenvalue weighted by molar-refractivity contribution is -0.130. The van der Waals surface area contributed by atoms with E-state index in [-0.39, 0.29) is 12.3 Å². The number of carbonyl (C=O) groups excluding carboxylic acids is 3. The predicted octanol–water partition coefficient (Wildman–Crippen LogP) is 3.07. The van der Waals surface area contributed by atoms with Gasteiger partial charge < -0.3 is 14.8 Å². The summed E-state index contributed by atoms with van der Waals surface area (Å²) >= 11 is 6.94. The van der Waals surface area contributed by atoms with Gasteiger partial charge in [-0.05, 0) is 36.8 Å². The van der Waals surface area contributed by atoms with Crippen LogP contribution in [0.2, 0.25) is 4.34 Å². The number of thiophene rings is 1. The van der Waals surface area contributed by atoms with Crippen molar-refractivity contribution in [3.63, 3.8) is 0 Å². The first-order valence-electron chi connectivity index (χ1n) is 7.95. The van der Waals surface area contributed by atoms with Crippen molar-refractivity contribution in [2.45, 2.75) is 12.5 Å². The molecule has 27 heavy (non-hydrogen) atoms. The van der Waals surface area contributed by atoms with Crippen LogP contribution in [-0.4, -0.2) is 43.4 Å². The number of nitrogens with zero attached hydrogens (tertiary/aromatic N) is 1. The number of rotatable bonds is 6. The molecule has 142 valence electrons. The van der Waals surface area contributed by atoms with Crippen LogP contribution >= 0.6 is 22.9 Å². The van der Waals surface area contributed by atoms with Crippen LogP contribution in [0, 0.1) is 0 Å². The zero-order valence-corrected chi connectivity index (χ0v) is 16.4. The Morgan fingerprint density at radius 1 is 1.19 bits per heavy atom. The molecule has 7 nitrogen and oxygen atoms in total. The highest BCUT2D eigenvalue weighted by molar-refractivity contribution is 7.18. The highest BCUT2D eigenvalue weighted by atomic mass is 35.5. The smallest absolute Gasteiger partial charge is 0.325 e. The Hall–Kier alpha value is -2.58. The molecule has 2 aromatic rings. The van der Waals surface area contributed by atoms with E-state index in [1.165, 1.54) is 14.2 Å². The lowest BCUT2D eigenvalue weighted by Gasteiger charge is -2.23. The lowest BCUT2D eigenvalue weighted by Crippen LogP contribution is -2.41. The molecular weight excluding hydrogens is 392 g/mol. The summed E-state index contributed by atoms with van der Waals surface area (Å²) in [4.78, 5) is 39.0. The maximum atomic E-state index is 13.0. The Kier molecular flexibility index (Phi) is 5.12. The number of nitrogens with one attached hydrogen (secondary N) is 1. The van der Waals surface area contributed by atoms with E-state index in [9.17, 15) is 14.4 Å². The summed E-state index contributed by atoms with van der Waals surface area (Å²) in [6.45, 7) is 1.23. The van der Waals surface area contributed by atoms with Gasteiger partial charge >= 0.3 is 6.03 Å². The number of carbonyl (C=O) groups is 3. The van der Waals surface area contributed by atoms with E-state index in [4.69, 9.17) is 21.1 Å². The van der Waals surface area contributed by atoms with E-state index in [0.717, 1.165) is 16.2 Å². The van der Waals surface area contributed by atoms with E-state index >= 15 is 0 Å². The Morgan fingerprint density at radius 3 is 2.48 bits per heavy atom. The van der Waals surface area contributed by atoms with E-state index in [1.807, 2.05) is 0 Å². The minimum absolute atomic E-state index is 0.355. The van der Waals surface area contributed by atoms with Gasteiger partial charge in [0.2, 0.25) is 0 Å². The average Bonchev–Trinajstić information content (AvgIpc) is 3.18. The monoisotopic (exact) mass is 408 g/mol. The van der Waals surface area contributed by atoms with E-state index in [1.54, 1.807) is 37.3 Å². The quantitative estimate of drug-likeness (QED) is 0.586.